The van der Waals surface area contributed by atoms with Gasteiger partial charge < -0.3 is 0 Å². The second-order valence-corrected chi connectivity index (χ2v) is 6.38. The number of aromatic nitrogens is 2. The Morgan fingerprint density at radius 3 is 2.86 bits per heavy atom. The molecule has 1 aliphatic rings. The second kappa shape index (κ2) is 5.44. The lowest BCUT2D eigenvalue weighted by molar-refractivity contribution is -0.197. The molecule has 2 aromatic heterocycles. The van der Waals surface area contributed by atoms with Crippen LogP contribution in [0.15, 0.2) is 17.8 Å². The van der Waals surface area contributed by atoms with Crippen LogP contribution in [0.3, 0.4) is 0 Å². The van der Waals surface area contributed by atoms with E-state index in [0.29, 0.717) is 25.0 Å². The van der Waals surface area contributed by atoms with E-state index in [-0.39, 0.29) is 18.6 Å². The summed E-state index contributed by atoms with van der Waals surface area (Å²) in [6.45, 7) is 0. The molecule has 3 nitrogen and oxygen atoms in total. The van der Waals surface area contributed by atoms with Crippen LogP contribution in [0.5, 0.6) is 0 Å². The van der Waals surface area contributed by atoms with Crippen molar-refractivity contribution in [2.45, 2.75) is 38.3 Å². The number of ketones is 1. The number of fused-ring (bicyclic) bond motifs is 1. The van der Waals surface area contributed by atoms with Crippen molar-refractivity contribution in [3.8, 4) is 0 Å². The van der Waals surface area contributed by atoms with Gasteiger partial charge >= 0.3 is 6.18 Å². The van der Waals surface area contributed by atoms with Crippen LogP contribution >= 0.6 is 11.3 Å². The fourth-order valence-electron chi connectivity index (χ4n) is 3.08. The predicted octanol–water partition coefficient (Wildman–Crippen LogP) is 3.88. The van der Waals surface area contributed by atoms with E-state index in [9.17, 15) is 18.0 Å². The van der Waals surface area contributed by atoms with Crippen LogP contribution in [0.4, 0.5) is 13.2 Å². The van der Waals surface area contributed by atoms with Crippen LogP contribution < -0.4 is 0 Å². The number of thiazole rings is 1. The summed E-state index contributed by atoms with van der Waals surface area (Å²) in [6.07, 6.45) is 0.898. The lowest BCUT2D eigenvalue weighted by atomic mass is 9.75. The summed E-state index contributed by atoms with van der Waals surface area (Å²) >= 11 is 1.44. The first-order chi connectivity index (χ1) is 9.95. The summed E-state index contributed by atoms with van der Waals surface area (Å²) in [7, 11) is 0. The molecule has 0 bridgehead atoms. The van der Waals surface area contributed by atoms with Gasteiger partial charge in [0.15, 0.2) is 4.96 Å². The Labute approximate surface area is 123 Å². The number of rotatable bonds is 3. The van der Waals surface area contributed by atoms with Crippen molar-refractivity contribution < 1.29 is 18.0 Å². The van der Waals surface area contributed by atoms with Crippen LogP contribution in [0.2, 0.25) is 0 Å². The van der Waals surface area contributed by atoms with E-state index in [2.05, 4.69) is 4.98 Å². The minimum Gasteiger partial charge on any atom is -0.299 e. The average Bonchev–Trinajstić information content (AvgIpc) is 2.98. The Morgan fingerprint density at radius 1 is 1.38 bits per heavy atom. The smallest absolute Gasteiger partial charge is 0.299 e. The number of alkyl halides is 3. The minimum atomic E-state index is -4.28. The highest BCUT2D eigenvalue weighted by Gasteiger charge is 2.47. The Morgan fingerprint density at radius 2 is 2.14 bits per heavy atom. The van der Waals surface area contributed by atoms with Crippen LogP contribution in [0.1, 0.15) is 31.4 Å². The normalized spacial score (nSPS) is 23.6. The van der Waals surface area contributed by atoms with Gasteiger partial charge in [0.1, 0.15) is 5.78 Å². The van der Waals surface area contributed by atoms with Crippen LogP contribution in [-0.4, -0.2) is 21.3 Å². The molecule has 21 heavy (non-hydrogen) atoms. The molecule has 0 aromatic carbocycles. The zero-order valence-corrected chi connectivity index (χ0v) is 12.1. The molecule has 1 aliphatic carbocycles. The molecule has 2 aromatic rings. The number of hydrogen-bond acceptors (Lipinski definition) is 3. The summed E-state index contributed by atoms with van der Waals surface area (Å²) in [4.78, 5) is 17.3. The second-order valence-electron chi connectivity index (χ2n) is 5.51. The quantitative estimate of drug-likeness (QED) is 0.861. The highest BCUT2D eigenvalue weighted by Crippen LogP contribution is 2.42. The molecular weight excluding hydrogens is 301 g/mol. The highest BCUT2D eigenvalue weighted by atomic mass is 32.1. The van der Waals surface area contributed by atoms with Gasteiger partial charge in [-0.1, -0.05) is 12.8 Å². The van der Waals surface area contributed by atoms with Gasteiger partial charge in [-0.05, 0) is 12.8 Å². The fraction of sp³-hybridized carbons (Fsp3) is 0.571. The summed E-state index contributed by atoms with van der Waals surface area (Å²) in [6, 6.07) is 0. The Balaban J connectivity index is 1.75. The van der Waals surface area contributed by atoms with E-state index in [1.165, 1.54) is 11.3 Å². The van der Waals surface area contributed by atoms with Gasteiger partial charge in [-0.2, -0.15) is 13.2 Å². The average molecular weight is 316 g/mol. The molecule has 3 rings (SSSR count). The van der Waals surface area contributed by atoms with Crippen LogP contribution in [0.25, 0.3) is 4.96 Å². The van der Waals surface area contributed by atoms with E-state index in [1.807, 2.05) is 11.6 Å². The molecule has 0 N–H and O–H groups in total. The lowest BCUT2D eigenvalue weighted by Gasteiger charge is -2.31. The Kier molecular flexibility index (Phi) is 3.77. The Bertz CT molecular complexity index is 617. The van der Waals surface area contributed by atoms with Crippen LogP contribution in [0, 0.1) is 11.8 Å². The van der Waals surface area contributed by atoms with Crippen molar-refractivity contribution in [1.29, 1.82) is 0 Å². The van der Waals surface area contributed by atoms with Gasteiger partial charge in [-0.25, -0.2) is 4.98 Å². The van der Waals surface area contributed by atoms with Gasteiger partial charge in [0.05, 0.1) is 18.0 Å². The molecule has 0 amide bonds. The van der Waals surface area contributed by atoms with Gasteiger partial charge in [0.2, 0.25) is 0 Å². The molecule has 114 valence electrons. The number of imidazole rings is 1. The predicted molar refractivity (Wildman–Crippen MR) is 73.3 cm³/mol. The molecule has 1 fully saturated rings. The number of nitrogens with zero attached hydrogens (tertiary/aromatic N) is 2. The summed E-state index contributed by atoms with van der Waals surface area (Å²) in [5.74, 6) is -2.72. The number of carbonyl (C=O) groups excluding carboxylic acids is 1. The SMILES string of the molecule is O=C(Cc1cn2ccsc2n1)C1CCCCC1C(F)(F)F. The van der Waals surface area contributed by atoms with Gasteiger partial charge in [0, 0.05) is 23.7 Å². The first-order valence-electron chi connectivity index (χ1n) is 6.95. The van der Waals surface area contributed by atoms with Crippen molar-refractivity contribution in [3.05, 3.63) is 23.5 Å². The van der Waals surface area contributed by atoms with Gasteiger partial charge in [-0.3, -0.25) is 9.20 Å². The zero-order chi connectivity index (χ0) is 15.0. The number of carbonyl (C=O) groups is 1. The molecule has 1 saturated carbocycles. The lowest BCUT2D eigenvalue weighted by Crippen LogP contribution is -2.37. The standard InChI is InChI=1S/C14H15F3N2OS/c15-14(16,17)11-4-2-1-3-10(11)12(20)7-9-8-19-5-6-21-13(19)18-9/h5-6,8,10-11H,1-4,7H2. The monoisotopic (exact) mass is 316 g/mol. The number of hydrogen-bond donors (Lipinski definition) is 0. The maximum absolute atomic E-state index is 13.0. The zero-order valence-electron chi connectivity index (χ0n) is 11.3. The van der Waals surface area contributed by atoms with Crippen molar-refractivity contribution >= 4 is 22.1 Å². The van der Waals surface area contributed by atoms with Crippen molar-refractivity contribution in [2.24, 2.45) is 11.8 Å². The van der Waals surface area contributed by atoms with Gasteiger partial charge in [-0.15, -0.1) is 11.3 Å². The van der Waals surface area contributed by atoms with Crippen molar-refractivity contribution in [2.75, 3.05) is 0 Å². The summed E-state index contributed by atoms with van der Waals surface area (Å²) in [5, 5.41) is 1.87. The first-order valence-corrected chi connectivity index (χ1v) is 7.83. The molecule has 2 unspecified atom stereocenters. The molecule has 2 atom stereocenters. The van der Waals surface area contributed by atoms with Gasteiger partial charge in [0.25, 0.3) is 0 Å². The minimum absolute atomic E-state index is 0.00829. The highest BCUT2D eigenvalue weighted by molar-refractivity contribution is 7.15. The largest absolute Gasteiger partial charge is 0.392 e. The molecule has 0 radical (unpaired) electrons. The van der Waals surface area contributed by atoms with E-state index in [0.717, 1.165) is 4.96 Å². The molecular formula is C14H15F3N2OS. The Hall–Kier alpha value is -1.37. The maximum atomic E-state index is 13.0. The van der Waals surface area contributed by atoms with E-state index >= 15 is 0 Å². The third-order valence-electron chi connectivity index (χ3n) is 4.10. The molecule has 0 aliphatic heterocycles. The first kappa shape index (κ1) is 14.6. The third kappa shape index (κ3) is 2.97. The van der Waals surface area contributed by atoms with Crippen molar-refractivity contribution in [3.63, 3.8) is 0 Å². The number of halogens is 3. The van der Waals surface area contributed by atoms with Crippen molar-refractivity contribution in [1.82, 2.24) is 9.38 Å². The van der Waals surface area contributed by atoms with E-state index in [4.69, 9.17) is 0 Å². The molecule has 2 heterocycles. The molecule has 7 heteroatoms. The van der Waals surface area contributed by atoms with Crippen LogP contribution in [-0.2, 0) is 11.2 Å². The molecule has 0 spiro atoms. The summed E-state index contributed by atoms with van der Waals surface area (Å²) in [5.41, 5.74) is 0.554. The number of Topliss-reactive ketones (excluding diaryl/α,β-unsaturated/α-hetero) is 1. The van der Waals surface area contributed by atoms with E-state index in [1.54, 1.807) is 10.6 Å². The molecule has 0 saturated heterocycles. The fourth-order valence-corrected chi connectivity index (χ4v) is 3.80. The summed E-state index contributed by atoms with van der Waals surface area (Å²) < 4.78 is 40.9. The third-order valence-corrected chi connectivity index (χ3v) is 4.87. The topological polar surface area (TPSA) is 34.4 Å². The van der Waals surface area contributed by atoms with E-state index < -0.39 is 18.0 Å². The maximum Gasteiger partial charge on any atom is 0.392 e.